The SMILES string of the molecule is C(#CC1(c2ccccc2)C=Cc2ccccc2O1)c1ccccc1. The first-order valence-corrected chi connectivity index (χ1v) is 7.97. The quantitative estimate of drug-likeness (QED) is 0.572. The Balaban J connectivity index is 1.83. The predicted molar refractivity (Wildman–Crippen MR) is 97.5 cm³/mol. The van der Waals surface area contributed by atoms with Gasteiger partial charge in [-0.05, 0) is 36.3 Å². The standard InChI is InChI=1S/C23H16O/c1-3-9-19(10-4-1)15-17-23(21-12-5-2-6-13-21)18-16-20-11-7-8-14-22(20)24-23/h1-14,16,18H. The molecule has 1 aliphatic rings. The van der Waals surface area contributed by atoms with Crippen molar-refractivity contribution in [3.8, 4) is 17.6 Å². The summed E-state index contributed by atoms with van der Waals surface area (Å²) in [6.07, 6.45) is 4.13. The van der Waals surface area contributed by atoms with Gasteiger partial charge in [-0.3, -0.25) is 0 Å². The Bertz CT molecular complexity index is 930. The van der Waals surface area contributed by atoms with Gasteiger partial charge in [0.15, 0.2) is 0 Å². The first-order valence-electron chi connectivity index (χ1n) is 7.97. The zero-order chi connectivity index (χ0) is 16.2. The van der Waals surface area contributed by atoms with E-state index in [9.17, 15) is 0 Å². The second-order valence-corrected chi connectivity index (χ2v) is 5.69. The van der Waals surface area contributed by atoms with Crippen LogP contribution >= 0.6 is 0 Å². The molecule has 0 fully saturated rings. The summed E-state index contributed by atoms with van der Waals surface area (Å²) in [6, 6.07) is 28.2. The molecule has 1 unspecified atom stereocenters. The first-order chi connectivity index (χ1) is 11.9. The van der Waals surface area contributed by atoms with Crippen LogP contribution in [0.4, 0.5) is 0 Å². The summed E-state index contributed by atoms with van der Waals surface area (Å²) in [5.41, 5.74) is 2.30. The molecule has 1 nitrogen and oxygen atoms in total. The lowest BCUT2D eigenvalue weighted by Gasteiger charge is -2.31. The Hall–Kier alpha value is -3.24. The first kappa shape index (κ1) is 14.4. The van der Waals surface area contributed by atoms with Crippen LogP contribution in [0.1, 0.15) is 16.7 Å². The summed E-state index contributed by atoms with van der Waals surface area (Å²) in [5, 5.41) is 0. The molecular formula is C23H16O. The van der Waals surface area contributed by atoms with Crippen LogP contribution in [0.15, 0.2) is 91.0 Å². The molecule has 0 saturated carbocycles. The monoisotopic (exact) mass is 308 g/mol. The fourth-order valence-corrected chi connectivity index (χ4v) is 2.79. The summed E-state index contributed by atoms with van der Waals surface area (Å²) in [7, 11) is 0. The maximum atomic E-state index is 6.37. The molecule has 0 N–H and O–H groups in total. The highest BCUT2D eigenvalue weighted by atomic mass is 16.5. The summed E-state index contributed by atoms with van der Waals surface area (Å²) >= 11 is 0. The van der Waals surface area contributed by atoms with Crippen molar-refractivity contribution in [3.05, 3.63) is 108 Å². The Labute approximate surface area is 142 Å². The van der Waals surface area contributed by atoms with Gasteiger partial charge in [0.25, 0.3) is 0 Å². The largest absolute Gasteiger partial charge is 0.466 e. The maximum Gasteiger partial charge on any atom is 0.214 e. The summed E-state index contributed by atoms with van der Waals surface area (Å²) < 4.78 is 6.37. The van der Waals surface area contributed by atoms with Gasteiger partial charge in [0.05, 0.1) is 0 Å². The zero-order valence-corrected chi connectivity index (χ0v) is 13.1. The molecule has 0 bridgehead atoms. The van der Waals surface area contributed by atoms with Crippen LogP contribution in [-0.2, 0) is 5.60 Å². The van der Waals surface area contributed by atoms with Gasteiger partial charge < -0.3 is 4.74 Å². The number of hydrogen-bond donors (Lipinski definition) is 0. The van der Waals surface area contributed by atoms with Crippen LogP contribution in [-0.4, -0.2) is 0 Å². The molecule has 24 heavy (non-hydrogen) atoms. The second kappa shape index (κ2) is 6.10. The number of hydrogen-bond acceptors (Lipinski definition) is 1. The molecule has 0 aromatic heterocycles. The van der Waals surface area contributed by atoms with Gasteiger partial charge in [-0.25, -0.2) is 0 Å². The molecule has 1 atom stereocenters. The molecule has 0 amide bonds. The van der Waals surface area contributed by atoms with Gasteiger partial charge >= 0.3 is 0 Å². The van der Waals surface area contributed by atoms with Crippen molar-refractivity contribution >= 4 is 6.08 Å². The Morgan fingerprint density at radius 1 is 0.708 bits per heavy atom. The van der Waals surface area contributed by atoms with Gasteiger partial charge in [-0.1, -0.05) is 72.7 Å². The van der Waals surface area contributed by atoms with Crippen LogP contribution < -0.4 is 4.74 Å². The fraction of sp³-hybridized carbons (Fsp3) is 0.0435. The smallest absolute Gasteiger partial charge is 0.214 e. The number of benzene rings is 3. The van der Waals surface area contributed by atoms with E-state index in [1.54, 1.807) is 0 Å². The van der Waals surface area contributed by atoms with E-state index >= 15 is 0 Å². The van der Waals surface area contributed by atoms with E-state index in [-0.39, 0.29) is 0 Å². The highest BCUT2D eigenvalue weighted by Crippen LogP contribution is 2.36. The molecule has 1 aliphatic heterocycles. The second-order valence-electron chi connectivity index (χ2n) is 5.69. The molecule has 0 saturated heterocycles. The van der Waals surface area contributed by atoms with Crippen LogP contribution in [0.2, 0.25) is 0 Å². The minimum atomic E-state index is -0.772. The average Bonchev–Trinajstić information content (AvgIpc) is 2.68. The molecule has 0 aliphatic carbocycles. The number of rotatable bonds is 1. The third-order valence-corrected chi connectivity index (χ3v) is 4.06. The van der Waals surface area contributed by atoms with Crippen molar-refractivity contribution in [2.45, 2.75) is 5.60 Å². The average molecular weight is 308 g/mol. The van der Waals surface area contributed by atoms with Crippen LogP contribution in [0.5, 0.6) is 5.75 Å². The molecule has 0 radical (unpaired) electrons. The third-order valence-electron chi connectivity index (χ3n) is 4.06. The van der Waals surface area contributed by atoms with Gasteiger partial charge in [-0.2, -0.15) is 0 Å². The maximum absolute atomic E-state index is 6.37. The Kier molecular flexibility index (Phi) is 3.65. The topological polar surface area (TPSA) is 9.23 Å². The van der Waals surface area contributed by atoms with Crippen molar-refractivity contribution < 1.29 is 4.74 Å². The lowest BCUT2D eigenvalue weighted by molar-refractivity contribution is 0.180. The third kappa shape index (κ3) is 2.71. The van der Waals surface area contributed by atoms with Gasteiger partial charge in [0.1, 0.15) is 5.75 Å². The van der Waals surface area contributed by atoms with Crippen molar-refractivity contribution in [1.29, 1.82) is 0 Å². The normalized spacial score (nSPS) is 18.0. The van der Waals surface area contributed by atoms with E-state index in [4.69, 9.17) is 4.74 Å². The van der Waals surface area contributed by atoms with E-state index in [0.29, 0.717) is 0 Å². The number of fused-ring (bicyclic) bond motifs is 1. The zero-order valence-electron chi connectivity index (χ0n) is 13.1. The molecule has 1 heterocycles. The lowest BCUT2D eigenvalue weighted by Crippen LogP contribution is -2.31. The van der Waals surface area contributed by atoms with E-state index < -0.39 is 5.60 Å². The van der Waals surface area contributed by atoms with E-state index in [1.165, 1.54) is 0 Å². The highest BCUT2D eigenvalue weighted by Gasteiger charge is 2.32. The van der Waals surface area contributed by atoms with E-state index in [1.807, 2.05) is 78.9 Å². The van der Waals surface area contributed by atoms with Crippen molar-refractivity contribution in [2.75, 3.05) is 0 Å². The highest BCUT2D eigenvalue weighted by molar-refractivity contribution is 5.64. The predicted octanol–water partition coefficient (Wildman–Crippen LogP) is 5.04. The molecule has 3 aromatic carbocycles. The Morgan fingerprint density at radius 2 is 1.38 bits per heavy atom. The van der Waals surface area contributed by atoms with Crippen molar-refractivity contribution in [2.24, 2.45) is 0 Å². The lowest BCUT2D eigenvalue weighted by atomic mass is 9.90. The number of para-hydroxylation sites is 1. The molecule has 3 aromatic rings. The van der Waals surface area contributed by atoms with Gasteiger partial charge in [0, 0.05) is 16.7 Å². The van der Waals surface area contributed by atoms with Crippen LogP contribution in [0, 0.1) is 11.8 Å². The van der Waals surface area contributed by atoms with E-state index in [2.05, 4.69) is 30.0 Å². The van der Waals surface area contributed by atoms with Crippen LogP contribution in [0.25, 0.3) is 6.08 Å². The van der Waals surface area contributed by atoms with Gasteiger partial charge in [0.2, 0.25) is 5.60 Å². The molecule has 1 heteroatoms. The van der Waals surface area contributed by atoms with Crippen LogP contribution in [0.3, 0.4) is 0 Å². The van der Waals surface area contributed by atoms with Crippen molar-refractivity contribution in [1.82, 2.24) is 0 Å². The molecular weight excluding hydrogens is 292 g/mol. The molecule has 114 valence electrons. The summed E-state index contributed by atoms with van der Waals surface area (Å²) in [4.78, 5) is 0. The minimum absolute atomic E-state index is 0.772. The fourth-order valence-electron chi connectivity index (χ4n) is 2.79. The summed E-state index contributed by atoms with van der Waals surface area (Å²) in [5.74, 6) is 7.46. The molecule has 4 rings (SSSR count). The van der Waals surface area contributed by atoms with Crippen molar-refractivity contribution in [3.63, 3.8) is 0 Å². The van der Waals surface area contributed by atoms with E-state index in [0.717, 1.165) is 22.4 Å². The summed E-state index contributed by atoms with van der Waals surface area (Å²) in [6.45, 7) is 0. The minimum Gasteiger partial charge on any atom is -0.466 e. The Morgan fingerprint density at radius 3 is 2.17 bits per heavy atom. The van der Waals surface area contributed by atoms with Gasteiger partial charge in [-0.15, -0.1) is 0 Å². The number of ether oxygens (including phenoxy) is 1. The molecule has 0 spiro atoms.